The molecule has 0 saturated heterocycles. The van der Waals surface area contributed by atoms with E-state index in [1.54, 1.807) is 24.0 Å². The molecule has 0 fully saturated rings. The zero-order chi connectivity index (χ0) is 13.9. The molecule has 1 rings (SSSR count). The number of halogens is 1. The first-order valence-corrected chi connectivity index (χ1v) is 6.07. The number of carbonyl (C=O) groups is 1. The molecule has 0 aliphatic carbocycles. The van der Waals surface area contributed by atoms with Crippen LogP contribution in [0.5, 0.6) is 0 Å². The summed E-state index contributed by atoms with van der Waals surface area (Å²) in [6, 6.07) is 1.63. The van der Waals surface area contributed by atoms with E-state index in [0.717, 1.165) is 0 Å². The molecule has 0 spiro atoms. The molecular weight excluding hydrogens is 250 g/mol. The Labute approximate surface area is 113 Å². The van der Waals surface area contributed by atoms with Crippen molar-refractivity contribution in [2.75, 3.05) is 6.54 Å². The van der Waals surface area contributed by atoms with Gasteiger partial charge < -0.3 is 4.90 Å². The van der Waals surface area contributed by atoms with Crippen LogP contribution in [0.3, 0.4) is 0 Å². The topological polar surface area (TPSA) is 46.1 Å². The van der Waals surface area contributed by atoms with Crippen molar-refractivity contribution in [1.82, 2.24) is 14.9 Å². The quantitative estimate of drug-likeness (QED) is 0.625. The van der Waals surface area contributed by atoms with Crippen LogP contribution in [0.2, 0.25) is 5.28 Å². The first kappa shape index (κ1) is 14.6. The normalized spacial score (nSPS) is 11.2. The Bertz CT molecular complexity index is 446. The van der Waals surface area contributed by atoms with Crippen LogP contribution in [0.1, 0.15) is 37.0 Å². The lowest BCUT2D eigenvalue weighted by Crippen LogP contribution is -2.46. The molecule has 18 heavy (non-hydrogen) atoms. The first-order valence-electron chi connectivity index (χ1n) is 5.69. The maximum atomic E-state index is 12.4. The first-order chi connectivity index (χ1) is 8.25. The van der Waals surface area contributed by atoms with Crippen LogP contribution in [-0.2, 0) is 0 Å². The van der Waals surface area contributed by atoms with E-state index >= 15 is 0 Å². The minimum Gasteiger partial charge on any atom is -0.329 e. The predicted molar refractivity (Wildman–Crippen MR) is 72.8 cm³/mol. The van der Waals surface area contributed by atoms with Gasteiger partial charge >= 0.3 is 0 Å². The molecule has 1 heterocycles. The zero-order valence-electron chi connectivity index (χ0n) is 11.2. The van der Waals surface area contributed by atoms with Crippen molar-refractivity contribution in [1.29, 1.82) is 0 Å². The third-order valence-corrected chi connectivity index (χ3v) is 2.58. The average molecular weight is 268 g/mol. The van der Waals surface area contributed by atoms with Gasteiger partial charge in [-0.25, -0.2) is 9.97 Å². The van der Waals surface area contributed by atoms with Gasteiger partial charge in [0.05, 0.1) is 0 Å². The summed E-state index contributed by atoms with van der Waals surface area (Å²) in [6.45, 7) is 11.8. The van der Waals surface area contributed by atoms with Gasteiger partial charge in [0.1, 0.15) is 5.69 Å². The molecule has 0 atom stereocenters. The van der Waals surface area contributed by atoms with Crippen LogP contribution in [-0.4, -0.2) is 32.9 Å². The number of hydrogen-bond acceptors (Lipinski definition) is 3. The number of aromatic nitrogens is 2. The minimum atomic E-state index is -0.309. The Hall–Kier alpha value is -1.42. The fourth-order valence-corrected chi connectivity index (χ4v) is 1.80. The van der Waals surface area contributed by atoms with Crippen molar-refractivity contribution >= 4 is 17.5 Å². The summed E-state index contributed by atoms with van der Waals surface area (Å²) < 4.78 is 0. The van der Waals surface area contributed by atoms with E-state index < -0.39 is 0 Å². The van der Waals surface area contributed by atoms with Gasteiger partial charge in [-0.05, 0) is 45.4 Å². The fraction of sp³-hybridized carbons (Fsp3) is 0.462. The maximum Gasteiger partial charge on any atom is 0.273 e. The van der Waals surface area contributed by atoms with Gasteiger partial charge in [0.25, 0.3) is 5.91 Å². The Morgan fingerprint density at radius 2 is 2.11 bits per heavy atom. The summed E-state index contributed by atoms with van der Waals surface area (Å²) in [6.07, 6.45) is 1.69. The summed E-state index contributed by atoms with van der Waals surface area (Å²) in [5, 5.41) is 0.0887. The SMILES string of the molecule is C=CCN(C(=O)c1cc(C)nc(Cl)n1)C(C)(C)C. The summed E-state index contributed by atoms with van der Waals surface area (Å²) >= 11 is 5.78. The molecule has 0 aliphatic rings. The van der Waals surface area contributed by atoms with Crippen molar-refractivity contribution in [3.63, 3.8) is 0 Å². The Morgan fingerprint density at radius 1 is 1.50 bits per heavy atom. The zero-order valence-corrected chi connectivity index (χ0v) is 12.0. The molecule has 0 saturated carbocycles. The molecule has 1 amide bonds. The second-order valence-corrected chi connectivity index (χ2v) is 5.38. The van der Waals surface area contributed by atoms with Crippen molar-refractivity contribution < 1.29 is 4.79 Å². The number of rotatable bonds is 3. The van der Waals surface area contributed by atoms with E-state index in [4.69, 9.17) is 11.6 Å². The highest BCUT2D eigenvalue weighted by Gasteiger charge is 2.27. The summed E-state index contributed by atoms with van der Waals surface area (Å²) in [5.74, 6) is -0.171. The predicted octanol–water partition coefficient (Wildman–Crippen LogP) is 2.87. The molecule has 0 aromatic carbocycles. The lowest BCUT2D eigenvalue weighted by Gasteiger charge is -2.34. The minimum absolute atomic E-state index is 0.0887. The van der Waals surface area contributed by atoms with Crippen LogP contribution in [0.15, 0.2) is 18.7 Å². The molecule has 5 heteroatoms. The van der Waals surface area contributed by atoms with Gasteiger partial charge in [-0.15, -0.1) is 6.58 Å². The van der Waals surface area contributed by atoms with Gasteiger partial charge in [0.15, 0.2) is 0 Å². The molecule has 0 unspecified atom stereocenters. The number of amides is 1. The van der Waals surface area contributed by atoms with E-state index in [-0.39, 0.29) is 16.7 Å². The molecule has 0 bridgehead atoms. The fourth-order valence-electron chi connectivity index (χ4n) is 1.57. The average Bonchev–Trinajstić information content (AvgIpc) is 2.22. The van der Waals surface area contributed by atoms with Crippen LogP contribution in [0.25, 0.3) is 0 Å². The van der Waals surface area contributed by atoms with Crippen molar-refractivity contribution in [2.24, 2.45) is 0 Å². The largest absolute Gasteiger partial charge is 0.329 e. The number of carbonyl (C=O) groups excluding carboxylic acids is 1. The number of hydrogen-bond donors (Lipinski definition) is 0. The monoisotopic (exact) mass is 267 g/mol. The lowest BCUT2D eigenvalue weighted by atomic mass is 10.1. The van der Waals surface area contributed by atoms with Gasteiger partial charge in [0.2, 0.25) is 5.28 Å². The Kier molecular flexibility index (Phi) is 4.46. The van der Waals surface area contributed by atoms with Crippen LogP contribution in [0, 0.1) is 6.92 Å². The molecule has 98 valence electrons. The van der Waals surface area contributed by atoms with Crippen LogP contribution >= 0.6 is 11.6 Å². The summed E-state index contributed by atoms with van der Waals surface area (Å²) in [7, 11) is 0. The highest BCUT2D eigenvalue weighted by molar-refractivity contribution is 6.28. The molecule has 4 nitrogen and oxygen atoms in total. The molecular formula is C13H18ClN3O. The van der Waals surface area contributed by atoms with E-state index in [1.165, 1.54) is 0 Å². The van der Waals surface area contributed by atoms with Crippen molar-refractivity contribution in [3.8, 4) is 0 Å². The van der Waals surface area contributed by atoms with E-state index in [1.807, 2.05) is 20.8 Å². The second-order valence-electron chi connectivity index (χ2n) is 5.04. The number of aryl methyl sites for hydroxylation is 1. The number of nitrogens with zero attached hydrogens (tertiary/aromatic N) is 3. The van der Waals surface area contributed by atoms with Gasteiger partial charge in [-0.1, -0.05) is 6.08 Å². The second kappa shape index (κ2) is 5.48. The third-order valence-electron chi connectivity index (χ3n) is 2.41. The summed E-state index contributed by atoms with van der Waals surface area (Å²) in [5.41, 5.74) is 0.673. The van der Waals surface area contributed by atoms with Gasteiger partial charge in [-0.2, -0.15) is 0 Å². The molecule has 0 aliphatic heterocycles. The highest BCUT2D eigenvalue weighted by Crippen LogP contribution is 2.17. The lowest BCUT2D eigenvalue weighted by molar-refractivity contribution is 0.0610. The highest BCUT2D eigenvalue weighted by atomic mass is 35.5. The Balaban J connectivity index is 3.13. The smallest absolute Gasteiger partial charge is 0.273 e. The Morgan fingerprint density at radius 3 is 2.56 bits per heavy atom. The third kappa shape index (κ3) is 3.53. The molecule has 1 aromatic heterocycles. The summed E-state index contributed by atoms with van der Waals surface area (Å²) in [4.78, 5) is 22.0. The van der Waals surface area contributed by atoms with Crippen molar-refractivity contribution in [3.05, 3.63) is 35.4 Å². The van der Waals surface area contributed by atoms with E-state index in [9.17, 15) is 4.79 Å². The van der Waals surface area contributed by atoms with Crippen LogP contribution < -0.4 is 0 Å². The molecule has 1 aromatic rings. The van der Waals surface area contributed by atoms with Gasteiger partial charge in [0, 0.05) is 17.8 Å². The van der Waals surface area contributed by atoms with E-state index in [2.05, 4.69) is 16.5 Å². The van der Waals surface area contributed by atoms with Crippen LogP contribution in [0.4, 0.5) is 0 Å². The molecule has 0 N–H and O–H groups in total. The molecule has 0 radical (unpaired) electrons. The maximum absolute atomic E-state index is 12.4. The standard InChI is InChI=1S/C13H18ClN3O/c1-6-7-17(13(3,4)5)11(18)10-8-9(2)15-12(14)16-10/h6,8H,1,7H2,2-5H3. The van der Waals surface area contributed by atoms with E-state index in [0.29, 0.717) is 17.9 Å². The van der Waals surface area contributed by atoms with Crippen molar-refractivity contribution in [2.45, 2.75) is 33.2 Å². The van der Waals surface area contributed by atoms with Gasteiger partial charge in [-0.3, -0.25) is 4.79 Å².